The van der Waals surface area contributed by atoms with Gasteiger partial charge >= 0.3 is 0 Å². The van der Waals surface area contributed by atoms with Crippen LogP contribution in [0, 0.1) is 0 Å². The summed E-state index contributed by atoms with van der Waals surface area (Å²) in [7, 11) is 0. The average molecular weight is 551 g/mol. The van der Waals surface area contributed by atoms with E-state index in [0.29, 0.717) is 62.6 Å². The lowest BCUT2D eigenvalue weighted by atomic mass is 9.80. The van der Waals surface area contributed by atoms with Crippen LogP contribution < -0.4 is 0 Å². The molecule has 218 valence electrons. The maximum atomic E-state index is 11.1. The van der Waals surface area contributed by atoms with Crippen LogP contribution in [0.3, 0.4) is 0 Å². The normalized spacial score (nSPS) is 12.2. The van der Waals surface area contributed by atoms with Crippen LogP contribution in [0.25, 0.3) is 0 Å². The highest BCUT2D eigenvalue weighted by atomic mass is 16.5. The molecular formula is C34H46O6. The Kier molecular flexibility index (Phi) is 11.9. The minimum absolute atomic E-state index is 0.190. The van der Waals surface area contributed by atoms with E-state index < -0.39 is 0 Å². The first-order valence-corrected chi connectivity index (χ1v) is 14.6. The summed E-state index contributed by atoms with van der Waals surface area (Å²) in [5, 5.41) is 33.0. The number of hydrogen-bond acceptors (Lipinski definition) is 6. The lowest BCUT2D eigenvalue weighted by Crippen LogP contribution is -2.10. The van der Waals surface area contributed by atoms with Crippen LogP contribution in [0.5, 0.6) is 17.2 Å². The second kappa shape index (κ2) is 15.1. The van der Waals surface area contributed by atoms with Crippen molar-refractivity contribution < 1.29 is 29.5 Å². The molecule has 3 N–H and O–H groups in total. The van der Waals surface area contributed by atoms with Crippen LogP contribution in [-0.2, 0) is 53.3 Å². The van der Waals surface area contributed by atoms with Crippen molar-refractivity contribution in [3.05, 3.63) is 86.5 Å². The Bertz CT molecular complexity index is 1210. The van der Waals surface area contributed by atoms with Gasteiger partial charge in [-0.1, -0.05) is 39.0 Å². The van der Waals surface area contributed by atoms with Crippen molar-refractivity contribution in [1.29, 1.82) is 0 Å². The summed E-state index contributed by atoms with van der Waals surface area (Å²) in [6.45, 7) is 14.4. The Hall–Kier alpha value is -3.06. The minimum Gasteiger partial charge on any atom is -0.507 e. The molecule has 1 atom stereocenters. The zero-order chi connectivity index (χ0) is 29.2. The Labute approximate surface area is 239 Å². The van der Waals surface area contributed by atoms with Gasteiger partial charge in [-0.2, -0.15) is 0 Å². The molecule has 0 fully saturated rings. The molecule has 1 unspecified atom stereocenters. The highest BCUT2D eigenvalue weighted by Gasteiger charge is 2.25. The maximum absolute atomic E-state index is 11.1. The van der Waals surface area contributed by atoms with Crippen molar-refractivity contribution in [2.24, 2.45) is 0 Å². The molecule has 0 heterocycles. The second-order valence-electron chi connectivity index (χ2n) is 9.97. The summed E-state index contributed by atoms with van der Waals surface area (Å²) in [4.78, 5) is 0. The molecule has 0 amide bonds. The molecule has 0 aliphatic heterocycles. The summed E-state index contributed by atoms with van der Waals surface area (Å²) >= 11 is 0. The van der Waals surface area contributed by atoms with Crippen molar-refractivity contribution in [2.45, 2.75) is 86.5 Å². The summed E-state index contributed by atoms with van der Waals surface area (Å²) in [6.07, 6.45) is 2.07. The number of benzene rings is 3. The molecule has 0 aliphatic rings. The topological polar surface area (TPSA) is 88.4 Å². The first kappa shape index (κ1) is 31.5. The van der Waals surface area contributed by atoms with E-state index in [4.69, 9.17) is 14.2 Å². The van der Waals surface area contributed by atoms with E-state index in [1.54, 1.807) is 0 Å². The summed E-state index contributed by atoms with van der Waals surface area (Å²) in [5.74, 6) is 0.580. The minimum atomic E-state index is -0.233. The Morgan fingerprint density at radius 3 is 0.975 bits per heavy atom. The zero-order valence-electron chi connectivity index (χ0n) is 25.0. The third-order valence-electron chi connectivity index (χ3n) is 7.40. The lowest BCUT2D eigenvalue weighted by Gasteiger charge is -2.25. The smallest absolute Gasteiger partial charge is 0.126 e. The van der Waals surface area contributed by atoms with Gasteiger partial charge in [-0.05, 0) is 91.6 Å². The molecule has 3 rings (SSSR count). The first-order chi connectivity index (χ1) is 19.3. The van der Waals surface area contributed by atoms with Gasteiger partial charge in [0.1, 0.15) is 17.2 Å². The van der Waals surface area contributed by atoms with Crippen molar-refractivity contribution in [2.75, 3.05) is 19.8 Å². The van der Waals surface area contributed by atoms with E-state index in [-0.39, 0.29) is 30.6 Å². The zero-order valence-corrected chi connectivity index (χ0v) is 25.0. The number of rotatable bonds is 15. The fourth-order valence-corrected chi connectivity index (χ4v) is 5.21. The van der Waals surface area contributed by atoms with E-state index >= 15 is 0 Å². The lowest BCUT2D eigenvalue weighted by molar-refractivity contribution is 0.126. The van der Waals surface area contributed by atoms with Gasteiger partial charge in [0.25, 0.3) is 0 Å². The SMILES string of the molecule is CCOCc1cc(C(c2cc(CC)c(O)c(CC)c2)c2cc(COCC)c(O)c(COCC)c2)cc(CC)c1O. The molecule has 0 radical (unpaired) electrons. The van der Waals surface area contributed by atoms with Gasteiger partial charge < -0.3 is 29.5 Å². The van der Waals surface area contributed by atoms with Crippen LogP contribution in [0.2, 0.25) is 0 Å². The number of hydrogen-bond donors (Lipinski definition) is 3. The van der Waals surface area contributed by atoms with Gasteiger partial charge in [0.05, 0.1) is 19.8 Å². The van der Waals surface area contributed by atoms with Crippen LogP contribution in [0.1, 0.15) is 97.5 Å². The molecular weight excluding hydrogens is 504 g/mol. The summed E-state index contributed by atoms with van der Waals surface area (Å²) < 4.78 is 17.2. The molecule has 3 aromatic carbocycles. The van der Waals surface area contributed by atoms with Crippen LogP contribution >= 0.6 is 0 Å². The summed E-state index contributed by atoms with van der Waals surface area (Å²) in [5.41, 5.74) is 7.82. The standard InChI is InChI=1S/C34H46O6/c1-7-22-13-25(14-23(8-2)32(22)35)31(26-15-24(9-3)33(36)28(16-26)19-38-10-4)27-17-29(20-39-11-5)34(37)30(18-27)21-40-12-6/h13-18,31,35-37H,7-12,19-21H2,1-6H3. The number of aromatic hydroxyl groups is 3. The van der Waals surface area contributed by atoms with Crippen molar-refractivity contribution in [3.63, 3.8) is 0 Å². The van der Waals surface area contributed by atoms with E-state index in [1.807, 2.05) is 59.7 Å². The predicted octanol–water partition coefficient (Wildman–Crippen LogP) is 7.28. The number of ether oxygens (including phenoxy) is 3. The molecule has 0 saturated heterocycles. The van der Waals surface area contributed by atoms with E-state index in [9.17, 15) is 15.3 Å². The van der Waals surface area contributed by atoms with Gasteiger partial charge in [-0.25, -0.2) is 0 Å². The molecule has 3 aromatic rings. The van der Waals surface area contributed by atoms with E-state index in [0.717, 1.165) is 38.9 Å². The third kappa shape index (κ3) is 7.17. The monoisotopic (exact) mass is 550 g/mol. The van der Waals surface area contributed by atoms with Crippen molar-refractivity contribution >= 4 is 0 Å². The van der Waals surface area contributed by atoms with Crippen LogP contribution in [0.15, 0.2) is 36.4 Å². The van der Waals surface area contributed by atoms with Gasteiger partial charge in [0.15, 0.2) is 0 Å². The highest BCUT2D eigenvalue weighted by molar-refractivity contribution is 5.56. The molecule has 0 aliphatic carbocycles. The second-order valence-corrected chi connectivity index (χ2v) is 9.97. The van der Waals surface area contributed by atoms with E-state index in [1.165, 1.54) is 0 Å². The van der Waals surface area contributed by atoms with Gasteiger partial charge in [-0.3, -0.25) is 0 Å². The average Bonchev–Trinajstić information content (AvgIpc) is 2.96. The summed E-state index contributed by atoms with van der Waals surface area (Å²) in [6, 6.07) is 12.3. The van der Waals surface area contributed by atoms with Crippen molar-refractivity contribution in [3.8, 4) is 17.2 Å². The molecule has 0 aromatic heterocycles. The van der Waals surface area contributed by atoms with Gasteiger partial charge in [-0.15, -0.1) is 0 Å². The predicted molar refractivity (Wildman–Crippen MR) is 159 cm³/mol. The van der Waals surface area contributed by atoms with Gasteiger partial charge in [0.2, 0.25) is 0 Å². The Morgan fingerprint density at radius 1 is 0.450 bits per heavy atom. The van der Waals surface area contributed by atoms with Crippen LogP contribution in [-0.4, -0.2) is 35.1 Å². The Morgan fingerprint density at radius 2 is 0.700 bits per heavy atom. The van der Waals surface area contributed by atoms with E-state index in [2.05, 4.69) is 18.2 Å². The molecule has 6 nitrogen and oxygen atoms in total. The molecule has 0 saturated carbocycles. The van der Waals surface area contributed by atoms with Crippen LogP contribution in [0.4, 0.5) is 0 Å². The first-order valence-electron chi connectivity index (χ1n) is 14.6. The molecule has 40 heavy (non-hydrogen) atoms. The number of phenols is 3. The fraction of sp³-hybridized carbons (Fsp3) is 0.471. The molecule has 0 bridgehead atoms. The largest absolute Gasteiger partial charge is 0.507 e. The Balaban J connectivity index is 2.37. The molecule has 6 heteroatoms. The van der Waals surface area contributed by atoms with Gasteiger partial charge in [0, 0.05) is 42.4 Å². The molecule has 0 spiro atoms. The quantitative estimate of drug-likeness (QED) is 0.172. The van der Waals surface area contributed by atoms with Crippen molar-refractivity contribution in [1.82, 2.24) is 0 Å². The fourth-order valence-electron chi connectivity index (χ4n) is 5.21. The number of phenolic OH excluding ortho intramolecular Hbond substituents is 3. The maximum Gasteiger partial charge on any atom is 0.126 e. The third-order valence-corrected chi connectivity index (χ3v) is 7.40. The highest BCUT2D eigenvalue weighted by Crippen LogP contribution is 2.41. The number of aryl methyl sites for hydroxylation is 3.